The SMILES string of the molecule is CCCOc1nc(OC2=CCCC=C2)nc2oc(-c3cccc(C)c3)nc12. The van der Waals surface area contributed by atoms with Crippen molar-refractivity contribution in [2.75, 3.05) is 6.61 Å². The van der Waals surface area contributed by atoms with Crippen molar-refractivity contribution in [2.45, 2.75) is 33.1 Å². The number of hydrogen-bond donors (Lipinski definition) is 0. The van der Waals surface area contributed by atoms with Crippen molar-refractivity contribution in [3.05, 3.63) is 53.8 Å². The smallest absolute Gasteiger partial charge is 0.328 e. The summed E-state index contributed by atoms with van der Waals surface area (Å²) in [5.41, 5.74) is 2.86. The number of rotatable bonds is 6. The van der Waals surface area contributed by atoms with Crippen molar-refractivity contribution < 1.29 is 13.9 Å². The van der Waals surface area contributed by atoms with Gasteiger partial charge in [-0.25, -0.2) is 4.98 Å². The fourth-order valence-electron chi connectivity index (χ4n) is 2.80. The predicted octanol–water partition coefficient (Wildman–Crippen LogP) is 4.99. The Morgan fingerprint density at radius 1 is 1.15 bits per heavy atom. The van der Waals surface area contributed by atoms with E-state index in [-0.39, 0.29) is 6.01 Å². The standard InChI is InChI=1S/C21H21N3O3/c1-3-12-25-19-17-20(24-21(23-19)26-16-10-5-4-6-11-16)27-18(22-17)15-9-7-8-14(2)13-15/h5,7-11,13H,3-4,6,12H2,1-2H3. The third-order valence-electron chi connectivity index (χ3n) is 4.08. The number of allylic oxidation sites excluding steroid dienone is 3. The molecule has 6 heteroatoms. The largest absolute Gasteiger partial charge is 0.476 e. The molecule has 3 aromatic rings. The lowest BCUT2D eigenvalue weighted by molar-refractivity contribution is 0.300. The molecule has 1 aliphatic rings. The quantitative estimate of drug-likeness (QED) is 0.614. The Morgan fingerprint density at radius 2 is 2.07 bits per heavy atom. The molecule has 2 heterocycles. The average Bonchev–Trinajstić information content (AvgIpc) is 3.11. The van der Waals surface area contributed by atoms with Crippen molar-refractivity contribution in [1.82, 2.24) is 15.0 Å². The summed E-state index contributed by atoms with van der Waals surface area (Å²) >= 11 is 0. The van der Waals surface area contributed by atoms with Crippen LogP contribution in [0.1, 0.15) is 31.7 Å². The topological polar surface area (TPSA) is 70.3 Å². The van der Waals surface area contributed by atoms with Gasteiger partial charge in [-0.2, -0.15) is 9.97 Å². The van der Waals surface area contributed by atoms with Crippen LogP contribution in [0.4, 0.5) is 0 Å². The lowest BCUT2D eigenvalue weighted by Crippen LogP contribution is -2.03. The Balaban J connectivity index is 1.75. The Bertz CT molecular complexity index is 1020. The van der Waals surface area contributed by atoms with Crippen molar-refractivity contribution in [3.63, 3.8) is 0 Å². The first-order valence-electron chi connectivity index (χ1n) is 9.16. The average molecular weight is 363 g/mol. The van der Waals surface area contributed by atoms with Gasteiger partial charge in [0.1, 0.15) is 5.76 Å². The molecule has 0 N–H and O–H groups in total. The Labute approximate surface area is 157 Å². The minimum atomic E-state index is 0.193. The molecular formula is C21H21N3O3. The summed E-state index contributed by atoms with van der Waals surface area (Å²) in [7, 11) is 0. The van der Waals surface area contributed by atoms with Crippen LogP contribution in [-0.4, -0.2) is 21.6 Å². The van der Waals surface area contributed by atoms with E-state index in [1.165, 1.54) is 0 Å². The molecule has 0 bridgehead atoms. The first-order valence-corrected chi connectivity index (χ1v) is 9.16. The van der Waals surface area contributed by atoms with Crippen molar-refractivity contribution >= 4 is 11.2 Å². The zero-order chi connectivity index (χ0) is 18.6. The molecule has 0 spiro atoms. The molecule has 1 aliphatic carbocycles. The number of oxazole rings is 1. The highest BCUT2D eigenvalue weighted by atomic mass is 16.5. The van der Waals surface area contributed by atoms with Crippen LogP contribution in [0.3, 0.4) is 0 Å². The van der Waals surface area contributed by atoms with E-state index in [1.807, 2.05) is 50.3 Å². The molecule has 4 rings (SSSR count). The van der Waals surface area contributed by atoms with Crippen molar-refractivity contribution in [2.24, 2.45) is 0 Å². The third-order valence-corrected chi connectivity index (χ3v) is 4.08. The minimum Gasteiger partial charge on any atom is -0.476 e. The lowest BCUT2D eigenvalue weighted by atomic mass is 10.1. The molecule has 0 atom stereocenters. The van der Waals surface area contributed by atoms with Gasteiger partial charge in [0.15, 0.2) is 5.52 Å². The number of fused-ring (bicyclic) bond motifs is 1. The molecule has 0 radical (unpaired) electrons. The van der Waals surface area contributed by atoms with Crippen LogP contribution < -0.4 is 9.47 Å². The molecule has 6 nitrogen and oxygen atoms in total. The number of ether oxygens (including phenoxy) is 2. The molecule has 0 aliphatic heterocycles. The Hall–Kier alpha value is -3.15. The molecule has 2 aromatic heterocycles. The van der Waals surface area contributed by atoms with Crippen LogP contribution in [0.2, 0.25) is 0 Å². The van der Waals surface area contributed by atoms with Gasteiger partial charge in [-0.15, -0.1) is 0 Å². The van der Waals surface area contributed by atoms with E-state index >= 15 is 0 Å². The normalized spacial score (nSPS) is 13.6. The fourth-order valence-corrected chi connectivity index (χ4v) is 2.80. The number of benzene rings is 1. The highest BCUT2D eigenvalue weighted by Crippen LogP contribution is 2.30. The summed E-state index contributed by atoms with van der Waals surface area (Å²) in [5, 5.41) is 0. The molecule has 27 heavy (non-hydrogen) atoms. The van der Waals surface area contributed by atoms with Gasteiger partial charge in [0, 0.05) is 5.56 Å². The van der Waals surface area contributed by atoms with E-state index in [4.69, 9.17) is 13.9 Å². The Kier molecular flexibility index (Phi) is 4.87. The van der Waals surface area contributed by atoms with Gasteiger partial charge < -0.3 is 13.9 Å². The van der Waals surface area contributed by atoms with Crippen LogP contribution in [0.25, 0.3) is 22.7 Å². The lowest BCUT2D eigenvalue weighted by Gasteiger charge is -2.09. The van der Waals surface area contributed by atoms with Gasteiger partial charge in [0.25, 0.3) is 11.6 Å². The van der Waals surface area contributed by atoms with Crippen LogP contribution in [0, 0.1) is 6.92 Å². The van der Waals surface area contributed by atoms with E-state index in [1.54, 1.807) is 0 Å². The van der Waals surface area contributed by atoms with Gasteiger partial charge in [0.2, 0.25) is 5.89 Å². The van der Waals surface area contributed by atoms with E-state index in [0.717, 1.165) is 36.1 Å². The molecule has 0 saturated carbocycles. The molecule has 0 amide bonds. The zero-order valence-electron chi connectivity index (χ0n) is 15.4. The van der Waals surface area contributed by atoms with Gasteiger partial charge in [-0.3, -0.25) is 0 Å². The maximum Gasteiger partial charge on any atom is 0.328 e. The first-order chi connectivity index (χ1) is 13.2. The summed E-state index contributed by atoms with van der Waals surface area (Å²) in [6, 6.07) is 8.15. The van der Waals surface area contributed by atoms with E-state index in [2.05, 4.69) is 21.0 Å². The maximum absolute atomic E-state index is 5.90. The summed E-state index contributed by atoms with van der Waals surface area (Å²) in [6.07, 6.45) is 8.80. The second-order valence-electron chi connectivity index (χ2n) is 6.39. The maximum atomic E-state index is 5.90. The highest BCUT2D eigenvalue weighted by Gasteiger charge is 2.19. The fraction of sp³-hybridized carbons (Fsp3) is 0.286. The van der Waals surface area contributed by atoms with Crippen LogP contribution >= 0.6 is 0 Å². The van der Waals surface area contributed by atoms with E-state index in [0.29, 0.717) is 29.6 Å². The first kappa shape index (κ1) is 17.3. The van der Waals surface area contributed by atoms with E-state index < -0.39 is 0 Å². The van der Waals surface area contributed by atoms with Crippen LogP contribution in [0.5, 0.6) is 11.9 Å². The van der Waals surface area contributed by atoms with Crippen molar-refractivity contribution in [3.8, 4) is 23.3 Å². The molecule has 1 aromatic carbocycles. The molecule has 0 unspecified atom stereocenters. The highest BCUT2D eigenvalue weighted by molar-refractivity contribution is 5.78. The number of aryl methyl sites for hydroxylation is 1. The second-order valence-corrected chi connectivity index (χ2v) is 6.39. The molecule has 0 saturated heterocycles. The second kappa shape index (κ2) is 7.61. The van der Waals surface area contributed by atoms with Gasteiger partial charge in [-0.05, 0) is 50.5 Å². The third kappa shape index (κ3) is 3.84. The summed E-state index contributed by atoms with van der Waals surface area (Å²) in [5.74, 6) is 1.58. The summed E-state index contributed by atoms with van der Waals surface area (Å²) in [6.45, 7) is 4.59. The van der Waals surface area contributed by atoms with Crippen LogP contribution in [-0.2, 0) is 0 Å². The number of aromatic nitrogens is 3. The van der Waals surface area contributed by atoms with Gasteiger partial charge in [0.05, 0.1) is 6.61 Å². The minimum absolute atomic E-state index is 0.193. The van der Waals surface area contributed by atoms with E-state index in [9.17, 15) is 0 Å². The Morgan fingerprint density at radius 3 is 2.85 bits per heavy atom. The summed E-state index contributed by atoms with van der Waals surface area (Å²) < 4.78 is 17.5. The number of hydrogen-bond acceptors (Lipinski definition) is 6. The zero-order valence-corrected chi connectivity index (χ0v) is 15.4. The van der Waals surface area contributed by atoms with Crippen molar-refractivity contribution in [1.29, 1.82) is 0 Å². The monoisotopic (exact) mass is 363 g/mol. The predicted molar refractivity (Wildman–Crippen MR) is 103 cm³/mol. The molecular weight excluding hydrogens is 342 g/mol. The molecule has 138 valence electrons. The van der Waals surface area contributed by atoms with Crippen LogP contribution in [0.15, 0.2) is 52.7 Å². The molecule has 0 fully saturated rings. The van der Waals surface area contributed by atoms with Gasteiger partial charge in [-0.1, -0.05) is 30.7 Å². The number of nitrogens with zero attached hydrogens (tertiary/aromatic N) is 3. The summed E-state index contributed by atoms with van der Waals surface area (Å²) in [4.78, 5) is 13.4. The van der Waals surface area contributed by atoms with Gasteiger partial charge >= 0.3 is 6.01 Å².